The Labute approximate surface area is 515 Å². The molecule has 10 heteroatoms. The Morgan fingerprint density at radius 1 is 0.422 bits per heavy atom. The van der Waals surface area contributed by atoms with Crippen molar-refractivity contribution in [1.29, 1.82) is 0 Å². The van der Waals surface area contributed by atoms with Crippen LogP contribution in [0.3, 0.4) is 0 Å². The van der Waals surface area contributed by atoms with Gasteiger partial charge in [0, 0.05) is 12.8 Å². The van der Waals surface area contributed by atoms with E-state index in [9.17, 15) is 19.0 Å². The van der Waals surface area contributed by atoms with Crippen molar-refractivity contribution in [2.75, 3.05) is 40.9 Å². The van der Waals surface area contributed by atoms with Crippen LogP contribution in [0.15, 0.2) is 60.8 Å². The van der Waals surface area contributed by atoms with E-state index in [2.05, 4.69) is 74.7 Å². The largest absolute Gasteiger partial charge is 0.472 e. The zero-order chi connectivity index (χ0) is 60.7. The minimum atomic E-state index is -4.45. The van der Waals surface area contributed by atoms with E-state index in [-0.39, 0.29) is 31.5 Å². The van der Waals surface area contributed by atoms with E-state index in [0.29, 0.717) is 17.4 Å². The first-order chi connectivity index (χ1) is 40.4. The number of nitrogens with zero attached hydrogens (tertiary/aromatic N) is 1. The number of phosphoric ester groups is 1. The molecule has 0 rings (SSSR count). The summed E-state index contributed by atoms with van der Waals surface area (Å²) in [5, 5.41) is 3.07. The zero-order valence-corrected chi connectivity index (χ0v) is 56.6. The minimum absolute atomic E-state index is 0.0408. The quantitative estimate of drug-likeness (QED) is 0.0205. The molecule has 486 valence electrons. The Hall–Kier alpha value is -2.29. The highest BCUT2D eigenvalue weighted by atomic mass is 31.2. The molecule has 0 saturated carbocycles. The van der Waals surface area contributed by atoms with E-state index in [4.69, 9.17) is 13.8 Å². The third kappa shape index (κ3) is 64.0. The Morgan fingerprint density at radius 3 is 1.12 bits per heavy atom. The number of amides is 1. The molecule has 0 aromatic heterocycles. The van der Waals surface area contributed by atoms with Gasteiger partial charge in [-0.3, -0.25) is 18.6 Å². The molecule has 0 aromatic rings. The topological polar surface area (TPSA) is 111 Å². The molecule has 0 bridgehead atoms. The fourth-order valence-electron chi connectivity index (χ4n) is 10.5. The number of carbonyl (C=O) groups excluding carboxylic acids is 2. The molecular formula is C73H138N2O7P+. The van der Waals surface area contributed by atoms with Crippen LogP contribution in [0.5, 0.6) is 0 Å². The average molecular weight is 1190 g/mol. The van der Waals surface area contributed by atoms with Gasteiger partial charge in [-0.25, -0.2) is 4.57 Å². The maximum atomic E-state index is 13.6. The second-order valence-corrected chi connectivity index (χ2v) is 26.9. The number of rotatable bonds is 65. The number of carbonyl (C=O) groups is 2. The van der Waals surface area contributed by atoms with Gasteiger partial charge in [-0.15, -0.1) is 0 Å². The number of quaternary nitrogens is 1. The van der Waals surface area contributed by atoms with Gasteiger partial charge in [-0.2, -0.15) is 0 Å². The Morgan fingerprint density at radius 2 is 0.735 bits per heavy atom. The van der Waals surface area contributed by atoms with Crippen LogP contribution >= 0.6 is 7.82 Å². The molecule has 0 spiro atoms. The summed E-state index contributed by atoms with van der Waals surface area (Å²) < 4.78 is 30.8. The molecule has 0 fully saturated rings. The fraction of sp³-hybridized carbons (Fsp3) is 0.836. The molecule has 0 aliphatic heterocycles. The van der Waals surface area contributed by atoms with Crippen molar-refractivity contribution in [2.45, 2.75) is 354 Å². The van der Waals surface area contributed by atoms with Crippen molar-refractivity contribution in [3.05, 3.63) is 60.8 Å². The number of nitrogens with one attached hydrogen (secondary N) is 1. The van der Waals surface area contributed by atoms with Crippen LogP contribution in [0.4, 0.5) is 0 Å². The second kappa shape index (κ2) is 62.8. The highest BCUT2D eigenvalue weighted by Gasteiger charge is 2.30. The average Bonchev–Trinajstić information content (AvgIpc) is 3.47. The number of ether oxygens (including phenoxy) is 1. The van der Waals surface area contributed by atoms with Gasteiger partial charge < -0.3 is 19.4 Å². The lowest BCUT2D eigenvalue weighted by molar-refractivity contribution is -0.870. The van der Waals surface area contributed by atoms with E-state index >= 15 is 0 Å². The summed E-state index contributed by atoms with van der Waals surface area (Å²) in [5.74, 6) is -0.493. The molecule has 3 atom stereocenters. The molecule has 0 heterocycles. The van der Waals surface area contributed by atoms with E-state index in [1.54, 1.807) is 0 Å². The summed E-state index contributed by atoms with van der Waals surface area (Å²) in [5.41, 5.74) is 0. The standard InChI is InChI=1S/C73H137N2O7P/c1-7-10-13-16-19-22-25-28-30-32-33-34-35-36-37-38-39-40-41-43-45-48-51-54-57-60-63-66-73(77)82-71(64-61-58-55-52-49-46-27-24-21-18-15-12-9-3)70(69-81-83(78,79)80-68-67-75(4,5)6)74-72(76)65-62-59-56-53-50-47-44-42-31-29-26-23-20-17-14-11-8-2/h19,22,28,30,33-34,36-37,61,64,70-71H,7-18,20-21,23-27,29,31-32,35,38-60,62-63,65-69H2,1-6H3,(H-,74,76,78,79)/p+1/b22-19-,30-28-,34-33-,37-36-,64-61+. The number of phosphoric acid groups is 1. The van der Waals surface area contributed by atoms with E-state index in [0.717, 1.165) is 77.0 Å². The van der Waals surface area contributed by atoms with Gasteiger partial charge >= 0.3 is 13.8 Å². The number of allylic oxidation sites excluding steroid dienone is 9. The van der Waals surface area contributed by atoms with E-state index in [1.807, 2.05) is 33.3 Å². The first kappa shape index (κ1) is 80.7. The molecular weight excluding hydrogens is 1050 g/mol. The maximum absolute atomic E-state index is 13.6. The van der Waals surface area contributed by atoms with Crippen LogP contribution in [0.2, 0.25) is 0 Å². The summed E-state index contributed by atoms with van der Waals surface area (Å²) in [6, 6.07) is -0.849. The summed E-state index contributed by atoms with van der Waals surface area (Å²) in [6.07, 6.45) is 80.8. The second-order valence-electron chi connectivity index (χ2n) is 25.4. The zero-order valence-electron chi connectivity index (χ0n) is 55.7. The first-order valence-corrected chi connectivity index (χ1v) is 37.1. The number of likely N-dealkylation sites (N-methyl/N-ethyl adjacent to an activating group) is 1. The molecule has 3 unspecified atom stereocenters. The van der Waals surface area contributed by atoms with Crippen LogP contribution in [0, 0.1) is 0 Å². The van der Waals surface area contributed by atoms with Gasteiger partial charge in [-0.05, 0) is 76.7 Å². The van der Waals surface area contributed by atoms with Gasteiger partial charge in [0.2, 0.25) is 5.91 Å². The van der Waals surface area contributed by atoms with E-state index < -0.39 is 20.0 Å². The molecule has 1 amide bonds. The lowest BCUT2D eigenvalue weighted by Gasteiger charge is -2.27. The Bertz CT molecular complexity index is 1600. The molecule has 0 aliphatic rings. The highest BCUT2D eigenvalue weighted by Crippen LogP contribution is 2.43. The van der Waals surface area contributed by atoms with Crippen LogP contribution in [0.1, 0.15) is 342 Å². The van der Waals surface area contributed by atoms with Crippen molar-refractivity contribution in [3.63, 3.8) is 0 Å². The lowest BCUT2D eigenvalue weighted by Crippen LogP contribution is -2.47. The predicted octanol–water partition coefficient (Wildman–Crippen LogP) is 22.6. The van der Waals surface area contributed by atoms with E-state index in [1.165, 1.54) is 231 Å². The SMILES string of the molecule is CCCCC/C=C\C/C=C\C/C=C\C/C=C\CCCCCCCCCCCCCC(=O)OC(/C=C/CCCCCCCCCCCCC)C(COP(=O)(O)OCC[N+](C)(C)C)NC(=O)CCCCCCCCCCCCCCCCCCC. The highest BCUT2D eigenvalue weighted by molar-refractivity contribution is 7.47. The van der Waals surface area contributed by atoms with Crippen LogP contribution in [-0.2, 0) is 27.9 Å². The van der Waals surface area contributed by atoms with Crippen LogP contribution < -0.4 is 5.32 Å². The number of unbranched alkanes of at least 4 members (excludes halogenated alkanes) is 41. The van der Waals surface area contributed by atoms with Crippen molar-refractivity contribution in [2.24, 2.45) is 0 Å². The molecule has 2 N–H and O–H groups in total. The number of esters is 1. The summed E-state index contributed by atoms with van der Waals surface area (Å²) in [4.78, 5) is 37.9. The fourth-order valence-corrected chi connectivity index (χ4v) is 11.2. The summed E-state index contributed by atoms with van der Waals surface area (Å²) in [7, 11) is 1.51. The molecule has 83 heavy (non-hydrogen) atoms. The molecule has 0 aliphatic carbocycles. The monoisotopic (exact) mass is 1190 g/mol. The lowest BCUT2D eigenvalue weighted by atomic mass is 10.0. The predicted molar refractivity (Wildman–Crippen MR) is 360 cm³/mol. The Kier molecular flexibility index (Phi) is 61.0. The van der Waals surface area contributed by atoms with Gasteiger partial charge in [0.25, 0.3) is 0 Å². The molecule has 0 aromatic carbocycles. The van der Waals surface area contributed by atoms with Crippen LogP contribution in [-0.4, -0.2) is 74.3 Å². The van der Waals surface area contributed by atoms with Crippen molar-refractivity contribution in [3.8, 4) is 0 Å². The molecule has 0 saturated heterocycles. The van der Waals surface area contributed by atoms with Crippen molar-refractivity contribution in [1.82, 2.24) is 5.32 Å². The molecule has 0 radical (unpaired) electrons. The van der Waals surface area contributed by atoms with Gasteiger partial charge in [0.1, 0.15) is 19.3 Å². The first-order valence-electron chi connectivity index (χ1n) is 35.6. The number of hydrogen-bond acceptors (Lipinski definition) is 6. The van der Waals surface area contributed by atoms with Crippen molar-refractivity contribution >= 4 is 19.7 Å². The normalized spacial score (nSPS) is 13.9. The smallest absolute Gasteiger partial charge is 0.456 e. The minimum Gasteiger partial charge on any atom is -0.456 e. The molecule has 9 nitrogen and oxygen atoms in total. The summed E-state index contributed by atoms with van der Waals surface area (Å²) in [6.45, 7) is 7.03. The van der Waals surface area contributed by atoms with Crippen molar-refractivity contribution < 1.29 is 37.3 Å². The van der Waals surface area contributed by atoms with Gasteiger partial charge in [0.05, 0.1) is 33.8 Å². The maximum Gasteiger partial charge on any atom is 0.472 e. The van der Waals surface area contributed by atoms with Gasteiger partial charge in [-0.1, -0.05) is 313 Å². The Balaban J connectivity index is 5.07. The third-order valence-electron chi connectivity index (χ3n) is 16.0. The number of hydrogen-bond donors (Lipinski definition) is 2. The summed E-state index contributed by atoms with van der Waals surface area (Å²) >= 11 is 0. The van der Waals surface area contributed by atoms with Gasteiger partial charge in [0.15, 0.2) is 0 Å². The van der Waals surface area contributed by atoms with Crippen LogP contribution in [0.25, 0.3) is 0 Å². The third-order valence-corrected chi connectivity index (χ3v) is 16.9.